The van der Waals surface area contributed by atoms with Crippen LogP contribution >= 0.6 is 11.8 Å². The van der Waals surface area contributed by atoms with E-state index in [0.29, 0.717) is 30.2 Å². The zero-order valence-electron chi connectivity index (χ0n) is 22.7. The highest BCUT2D eigenvalue weighted by Crippen LogP contribution is 2.44. The molecule has 0 spiro atoms. The van der Waals surface area contributed by atoms with E-state index in [-0.39, 0.29) is 35.3 Å². The molecule has 2 aliphatic rings. The summed E-state index contributed by atoms with van der Waals surface area (Å²) in [6.07, 6.45) is 1.65. The van der Waals surface area contributed by atoms with Crippen LogP contribution in [0.25, 0.3) is 0 Å². The van der Waals surface area contributed by atoms with E-state index >= 15 is 0 Å². The molecule has 0 radical (unpaired) electrons. The van der Waals surface area contributed by atoms with Crippen molar-refractivity contribution in [1.82, 2.24) is 9.29 Å². The van der Waals surface area contributed by atoms with Crippen molar-refractivity contribution in [2.75, 3.05) is 56.0 Å². The second kappa shape index (κ2) is 12.0. The van der Waals surface area contributed by atoms with Crippen LogP contribution in [0.4, 0.5) is 17.2 Å². The Labute approximate surface area is 246 Å². The fourth-order valence-electron chi connectivity index (χ4n) is 4.85. The number of rotatable bonds is 8. The van der Waals surface area contributed by atoms with Crippen molar-refractivity contribution in [3.8, 4) is 5.75 Å². The lowest BCUT2D eigenvalue weighted by atomic mass is 10.1. The van der Waals surface area contributed by atoms with Gasteiger partial charge in [0.15, 0.2) is 0 Å². The number of esters is 1. The second-order valence-corrected chi connectivity index (χ2v) is 12.4. The lowest BCUT2D eigenvalue weighted by Gasteiger charge is -2.35. The summed E-state index contributed by atoms with van der Waals surface area (Å²) < 4.78 is 37.8. The van der Waals surface area contributed by atoms with Gasteiger partial charge in [-0.05, 0) is 36.4 Å². The molecule has 1 amide bonds. The minimum atomic E-state index is -3.80. The molecule has 5 rings (SSSR count). The fraction of sp³-hybridized carbons (Fsp3) is 0.296. The number of non-ortho nitro benzene ring substituents is 1. The van der Waals surface area contributed by atoms with Crippen molar-refractivity contribution >= 4 is 50.9 Å². The second-order valence-electron chi connectivity index (χ2n) is 9.39. The van der Waals surface area contributed by atoms with Crippen LogP contribution in [0.1, 0.15) is 21.3 Å². The van der Waals surface area contributed by atoms with Gasteiger partial charge in [-0.1, -0.05) is 6.07 Å². The standard InChI is InChI=1S/C27H27N5O8S2/c1-39-23-15-18(27(34)40-2)3-9-22(23)26-31(25(33)17-41-26)24-10-6-20(16-28-24)29-11-13-30(14-12-29)42(37,38)21-7-4-19(5-8-21)32(35)36/h3-10,15-16,26H,11-14,17H2,1-2H3. The molecule has 42 heavy (non-hydrogen) atoms. The monoisotopic (exact) mass is 613 g/mol. The molecule has 2 fully saturated rings. The van der Waals surface area contributed by atoms with Gasteiger partial charge in [-0.25, -0.2) is 18.2 Å². The molecule has 1 unspecified atom stereocenters. The van der Waals surface area contributed by atoms with Crippen molar-refractivity contribution in [1.29, 1.82) is 0 Å². The summed E-state index contributed by atoms with van der Waals surface area (Å²) in [7, 11) is -0.999. The van der Waals surface area contributed by atoms with Crippen molar-refractivity contribution in [2.45, 2.75) is 10.3 Å². The number of aromatic nitrogens is 1. The lowest BCUT2D eigenvalue weighted by Crippen LogP contribution is -2.48. The van der Waals surface area contributed by atoms with Gasteiger partial charge in [0.25, 0.3) is 5.69 Å². The van der Waals surface area contributed by atoms with Gasteiger partial charge in [-0.3, -0.25) is 19.8 Å². The SMILES string of the molecule is COC(=O)c1ccc(C2SCC(=O)N2c2ccc(N3CCN(S(=O)(=O)c4ccc([N+](=O)[O-])cc4)CC3)cn2)c(OC)c1. The normalized spacial score (nSPS) is 17.8. The first kappa shape index (κ1) is 29.3. The number of carbonyl (C=O) groups excluding carboxylic acids is 2. The largest absolute Gasteiger partial charge is 0.496 e. The maximum absolute atomic E-state index is 13.0. The summed E-state index contributed by atoms with van der Waals surface area (Å²) in [5.74, 6) is 0.551. The number of sulfonamides is 1. The zero-order valence-corrected chi connectivity index (χ0v) is 24.3. The number of nitro benzene ring substituents is 1. The Bertz CT molecular complexity index is 1610. The Morgan fingerprint density at radius 3 is 2.36 bits per heavy atom. The number of pyridine rings is 1. The third-order valence-corrected chi connectivity index (χ3v) is 10.2. The average molecular weight is 614 g/mol. The number of benzene rings is 2. The Morgan fingerprint density at radius 1 is 1.05 bits per heavy atom. The van der Waals surface area contributed by atoms with Gasteiger partial charge < -0.3 is 14.4 Å². The van der Waals surface area contributed by atoms with Crippen LogP contribution in [0.3, 0.4) is 0 Å². The maximum Gasteiger partial charge on any atom is 0.337 e. The number of hydrogen-bond donors (Lipinski definition) is 0. The van der Waals surface area contributed by atoms with Crippen LogP contribution in [0, 0.1) is 10.1 Å². The molecular weight excluding hydrogens is 586 g/mol. The number of ether oxygens (including phenoxy) is 2. The zero-order chi connectivity index (χ0) is 30.0. The number of hydrogen-bond acceptors (Lipinski definition) is 11. The molecule has 0 bridgehead atoms. The quantitative estimate of drug-likeness (QED) is 0.209. The summed E-state index contributed by atoms with van der Waals surface area (Å²) in [5, 5.41) is 10.5. The average Bonchev–Trinajstić information content (AvgIpc) is 3.41. The first-order valence-electron chi connectivity index (χ1n) is 12.8. The molecule has 220 valence electrons. The Hall–Kier alpha value is -4.21. The first-order valence-corrected chi connectivity index (χ1v) is 15.3. The molecular formula is C27H27N5O8S2. The van der Waals surface area contributed by atoms with Gasteiger partial charge in [0.2, 0.25) is 15.9 Å². The molecule has 3 aromatic rings. The van der Waals surface area contributed by atoms with E-state index in [1.165, 1.54) is 54.6 Å². The number of nitro groups is 1. The molecule has 3 heterocycles. The topological polar surface area (TPSA) is 152 Å². The number of nitrogens with zero attached hydrogens (tertiary/aromatic N) is 5. The number of anilines is 2. The van der Waals surface area contributed by atoms with Crippen LogP contribution in [-0.2, 0) is 19.6 Å². The summed E-state index contributed by atoms with van der Waals surface area (Å²) in [6.45, 7) is 1.29. The van der Waals surface area contributed by atoms with Crippen LogP contribution in [0.15, 0.2) is 65.7 Å². The van der Waals surface area contributed by atoms with E-state index in [4.69, 9.17) is 9.47 Å². The van der Waals surface area contributed by atoms with Gasteiger partial charge in [-0.2, -0.15) is 4.31 Å². The summed E-state index contributed by atoms with van der Waals surface area (Å²) >= 11 is 1.43. The summed E-state index contributed by atoms with van der Waals surface area (Å²) in [5.41, 5.74) is 1.66. The van der Waals surface area contributed by atoms with Gasteiger partial charge in [-0.15, -0.1) is 11.8 Å². The van der Waals surface area contributed by atoms with Crippen molar-refractivity contribution in [3.63, 3.8) is 0 Å². The third-order valence-electron chi connectivity index (χ3n) is 7.06. The predicted octanol–water partition coefficient (Wildman–Crippen LogP) is 3.07. The number of piperazine rings is 1. The minimum absolute atomic E-state index is 0.00633. The van der Waals surface area contributed by atoms with E-state index in [2.05, 4.69) is 4.98 Å². The van der Waals surface area contributed by atoms with Crippen molar-refractivity contribution in [3.05, 3.63) is 82.0 Å². The van der Waals surface area contributed by atoms with E-state index in [9.17, 15) is 28.1 Å². The summed E-state index contributed by atoms with van der Waals surface area (Å²) in [6, 6.07) is 13.4. The molecule has 0 N–H and O–H groups in total. The van der Waals surface area contributed by atoms with Gasteiger partial charge in [0.05, 0.1) is 47.2 Å². The first-order chi connectivity index (χ1) is 20.1. The molecule has 2 saturated heterocycles. The minimum Gasteiger partial charge on any atom is -0.496 e. The molecule has 1 aromatic heterocycles. The van der Waals surface area contributed by atoms with Crippen LogP contribution < -0.4 is 14.5 Å². The molecule has 2 aromatic carbocycles. The molecule has 15 heteroatoms. The Balaban J connectivity index is 1.28. The van der Waals surface area contributed by atoms with E-state index < -0.39 is 26.3 Å². The van der Waals surface area contributed by atoms with Crippen LogP contribution in [0.5, 0.6) is 5.75 Å². The highest BCUT2D eigenvalue weighted by atomic mass is 32.2. The van der Waals surface area contributed by atoms with Crippen molar-refractivity contribution < 1.29 is 32.4 Å². The number of amides is 1. The lowest BCUT2D eigenvalue weighted by molar-refractivity contribution is -0.384. The summed E-state index contributed by atoms with van der Waals surface area (Å²) in [4.78, 5) is 43.4. The van der Waals surface area contributed by atoms with Crippen LogP contribution in [0.2, 0.25) is 0 Å². The smallest absolute Gasteiger partial charge is 0.337 e. The van der Waals surface area contributed by atoms with Gasteiger partial charge in [0.1, 0.15) is 16.9 Å². The molecule has 0 aliphatic carbocycles. The molecule has 1 atom stereocenters. The molecule has 2 aliphatic heterocycles. The number of methoxy groups -OCH3 is 2. The fourth-order valence-corrected chi connectivity index (χ4v) is 7.46. The van der Waals surface area contributed by atoms with E-state index in [1.807, 2.05) is 11.0 Å². The van der Waals surface area contributed by atoms with Gasteiger partial charge >= 0.3 is 5.97 Å². The highest BCUT2D eigenvalue weighted by molar-refractivity contribution is 8.00. The predicted molar refractivity (Wildman–Crippen MR) is 155 cm³/mol. The van der Waals surface area contributed by atoms with E-state index in [1.54, 1.807) is 35.4 Å². The Kier molecular flexibility index (Phi) is 8.34. The molecule has 13 nitrogen and oxygen atoms in total. The maximum atomic E-state index is 13.0. The number of thioether (sulfide) groups is 1. The van der Waals surface area contributed by atoms with Crippen molar-refractivity contribution in [2.24, 2.45) is 0 Å². The molecule has 0 saturated carbocycles. The highest BCUT2D eigenvalue weighted by Gasteiger charge is 2.37. The third kappa shape index (κ3) is 5.62. The Morgan fingerprint density at radius 2 is 1.76 bits per heavy atom. The van der Waals surface area contributed by atoms with Crippen LogP contribution in [-0.4, -0.2) is 80.7 Å². The van der Waals surface area contributed by atoms with E-state index in [0.717, 1.165) is 11.3 Å². The number of carbonyl (C=O) groups is 2. The van der Waals surface area contributed by atoms with Gasteiger partial charge in [0, 0.05) is 43.9 Å².